The van der Waals surface area contributed by atoms with Crippen molar-refractivity contribution in [3.63, 3.8) is 0 Å². The summed E-state index contributed by atoms with van der Waals surface area (Å²) in [4.78, 5) is 27.2. The second-order valence-electron chi connectivity index (χ2n) is 6.37. The lowest BCUT2D eigenvalue weighted by atomic mass is 10.1. The molecule has 0 saturated heterocycles. The maximum Gasteiger partial charge on any atom is 0.375 e. The molecule has 28 heavy (non-hydrogen) atoms. The van der Waals surface area contributed by atoms with Gasteiger partial charge >= 0.3 is 5.97 Å². The number of furan rings is 1. The van der Waals surface area contributed by atoms with Crippen LogP contribution in [0.25, 0.3) is 11.0 Å². The van der Waals surface area contributed by atoms with Gasteiger partial charge in [-0.05, 0) is 49.1 Å². The van der Waals surface area contributed by atoms with E-state index < -0.39 is 18.4 Å². The monoisotopic (exact) mass is 401 g/mol. The van der Waals surface area contributed by atoms with Gasteiger partial charge in [-0.1, -0.05) is 12.1 Å². The van der Waals surface area contributed by atoms with Crippen molar-refractivity contribution in [3.05, 3.63) is 65.2 Å². The van der Waals surface area contributed by atoms with E-state index >= 15 is 0 Å². The molecule has 7 heteroatoms. The third-order valence-corrected chi connectivity index (χ3v) is 5.16. The zero-order chi connectivity index (χ0) is 20.3. The van der Waals surface area contributed by atoms with Crippen molar-refractivity contribution in [2.75, 3.05) is 19.9 Å². The zero-order valence-electron chi connectivity index (χ0n) is 15.8. The summed E-state index contributed by atoms with van der Waals surface area (Å²) in [5, 5.41) is 0.504. The number of likely N-dealkylation sites (N-methyl/N-ethyl adjacent to an activating group) is 1. The molecule has 3 aromatic rings. The summed E-state index contributed by atoms with van der Waals surface area (Å²) >= 11 is 1.65. The molecule has 0 bridgehead atoms. The van der Waals surface area contributed by atoms with Gasteiger partial charge in [0.2, 0.25) is 5.76 Å². The molecule has 1 amide bonds. The highest BCUT2D eigenvalue weighted by Crippen LogP contribution is 2.26. The van der Waals surface area contributed by atoms with Gasteiger partial charge in [-0.25, -0.2) is 9.18 Å². The molecular weight excluding hydrogens is 381 g/mol. The summed E-state index contributed by atoms with van der Waals surface area (Å²) in [5.41, 5.74) is 1.85. The largest absolute Gasteiger partial charge is 0.450 e. The number of esters is 1. The zero-order valence-corrected chi connectivity index (χ0v) is 16.6. The van der Waals surface area contributed by atoms with Crippen LogP contribution < -0.4 is 0 Å². The van der Waals surface area contributed by atoms with Crippen LogP contribution in [0.5, 0.6) is 0 Å². The predicted octanol–water partition coefficient (Wildman–Crippen LogP) is 4.42. The summed E-state index contributed by atoms with van der Waals surface area (Å²) < 4.78 is 23.9. The maximum absolute atomic E-state index is 13.4. The van der Waals surface area contributed by atoms with E-state index in [0.717, 1.165) is 10.5 Å². The third-order valence-electron chi connectivity index (χ3n) is 4.41. The Hall–Kier alpha value is -2.80. The molecule has 0 fully saturated rings. The number of benzene rings is 2. The number of hydrogen-bond acceptors (Lipinski definition) is 5. The summed E-state index contributed by atoms with van der Waals surface area (Å²) in [6.45, 7) is 1.66. The van der Waals surface area contributed by atoms with Crippen molar-refractivity contribution in [1.82, 2.24) is 4.90 Å². The standard InChI is InChI=1S/C21H20FNO4S/c1-13-17-10-15(22)6-9-18(17)27-20(13)21(25)26-12-19(24)23(2)11-14-4-7-16(28-3)8-5-14/h4-10H,11-12H2,1-3H3. The molecule has 1 aromatic heterocycles. The fourth-order valence-electron chi connectivity index (χ4n) is 2.78. The normalized spacial score (nSPS) is 10.9. The van der Waals surface area contributed by atoms with Gasteiger partial charge in [0.15, 0.2) is 6.61 Å². The molecule has 0 N–H and O–H groups in total. The molecule has 0 radical (unpaired) electrons. The first kappa shape index (κ1) is 19.9. The Morgan fingerprint density at radius 1 is 1.18 bits per heavy atom. The number of carbonyl (C=O) groups excluding carboxylic acids is 2. The lowest BCUT2D eigenvalue weighted by Gasteiger charge is -2.17. The van der Waals surface area contributed by atoms with Crippen molar-refractivity contribution in [1.29, 1.82) is 0 Å². The van der Waals surface area contributed by atoms with E-state index in [1.807, 2.05) is 30.5 Å². The van der Waals surface area contributed by atoms with Crippen LogP contribution in [0.15, 0.2) is 51.8 Å². The molecule has 0 aliphatic heterocycles. The van der Waals surface area contributed by atoms with Gasteiger partial charge in [0.05, 0.1) is 0 Å². The van der Waals surface area contributed by atoms with Crippen LogP contribution in [0.4, 0.5) is 4.39 Å². The third kappa shape index (κ3) is 4.36. The number of nitrogens with zero attached hydrogens (tertiary/aromatic N) is 1. The highest BCUT2D eigenvalue weighted by Gasteiger charge is 2.21. The lowest BCUT2D eigenvalue weighted by Crippen LogP contribution is -2.30. The number of aryl methyl sites for hydroxylation is 1. The number of amides is 1. The number of ether oxygens (including phenoxy) is 1. The highest BCUT2D eigenvalue weighted by atomic mass is 32.2. The minimum Gasteiger partial charge on any atom is -0.450 e. The van der Waals surface area contributed by atoms with Crippen LogP contribution in [-0.2, 0) is 16.1 Å². The Labute approximate surface area is 166 Å². The van der Waals surface area contributed by atoms with E-state index in [9.17, 15) is 14.0 Å². The number of halogens is 1. The van der Waals surface area contributed by atoms with Crippen LogP contribution in [0, 0.1) is 12.7 Å². The van der Waals surface area contributed by atoms with E-state index in [0.29, 0.717) is 23.1 Å². The second-order valence-corrected chi connectivity index (χ2v) is 7.25. The highest BCUT2D eigenvalue weighted by molar-refractivity contribution is 7.98. The molecule has 0 atom stereocenters. The molecule has 0 spiro atoms. The van der Waals surface area contributed by atoms with Crippen molar-refractivity contribution in [2.24, 2.45) is 0 Å². The molecule has 1 heterocycles. The fourth-order valence-corrected chi connectivity index (χ4v) is 3.19. The average molecular weight is 401 g/mol. The number of fused-ring (bicyclic) bond motifs is 1. The predicted molar refractivity (Wildman–Crippen MR) is 106 cm³/mol. The van der Waals surface area contributed by atoms with Crippen LogP contribution in [0.1, 0.15) is 21.7 Å². The Balaban J connectivity index is 1.60. The lowest BCUT2D eigenvalue weighted by molar-refractivity contribution is -0.133. The van der Waals surface area contributed by atoms with Crippen LogP contribution >= 0.6 is 11.8 Å². The van der Waals surface area contributed by atoms with Gasteiger partial charge in [-0.3, -0.25) is 4.79 Å². The van der Waals surface area contributed by atoms with Crippen LogP contribution in [0.3, 0.4) is 0 Å². The smallest absolute Gasteiger partial charge is 0.375 e. The number of carbonyl (C=O) groups is 2. The molecule has 0 saturated carbocycles. The Morgan fingerprint density at radius 3 is 2.57 bits per heavy atom. The Bertz CT molecular complexity index is 1010. The summed E-state index contributed by atoms with van der Waals surface area (Å²) in [6, 6.07) is 11.9. The van der Waals surface area contributed by atoms with Gasteiger partial charge in [0.25, 0.3) is 5.91 Å². The molecule has 0 unspecified atom stereocenters. The van der Waals surface area contributed by atoms with Crippen LogP contribution in [0.2, 0.25) is 0 Å². The van der Waals surface area contributed by atoms with Crippen molar-refractivity contribution < 1.29 is 23.1 Å². The Morgan fingerprint density at radius 2 is 1.89 bits per heavy atom. The second kappa shape index (κ2) is 8.48. The summed E-state index contributed by atoms with van der Waals surface area (Å²) in [7, 11) is 1.65. The van der Waals surface area contributed by atoms with Gasteiger partial charge in [0.1, 0.15) is 11.4 Å². The van der Waals surface area contributed by atoms with E-state index in [-0.39, 0.29) is 11.7 Å². The molecule has 146 valence electrons. The van der Waals surface area contributed by atoms with Crippen LogP contribution in [-0.4, -0.2) is 36.7 Å². The van der Waals surface area contributed by atoms with Crippen molar-refractivity contribution in [3.8, 4) is 0 Å². The van der Waals surface area contributed by atoms with E-state index in [1.54, 1.807) is 25.7 Å². The van der Waals surface area contributed by atoms with Gasteiger partial charge in [-0.2, -0.15) is 0 Å². The topological polar surface area (TPSA) is 59.8 Å². The van der Waals surface area contributed by atoms with Gasteiger partial charge < -0.3 is 14.1 Å². The van der Waals surface area contributed by atoms with E-state index in [1.165, 1.54) is 23.1 Å². The minimum absolute atomic E-state index is 0.0243. The SMILES string of the molecule is CSc1ccc(CN(C)C(=O)COC(=O)c2oc3ccc(F)cc3c2C)cc1. The first-order valence-electron chi connectivity index (χ1n) is 8.61. The van der Waals surface area contributed by atoms with Gasteiger partial charge in [0, 0.05) is 29.4 Å². The first-order valence-corrected chi connectivity index (χ1v) is 9.84. The summed E-state index contributed by atoms with van der Waals surface area (Å²) in [6.07, 6.45) is 2.00. The summed E-state index contributed by atoms with van der Waals surface area (Å²) in [5.74, 6) is -1.52. The van der Waals surface area contributed by atoms with E-state index in [2.05, 4.69) is 0 Å². The Kier molecular flexibility index (Phi) is 6.04. The molecular formula is C21H20FNO4S. The van der Waals surface area contributed by atoms with Crippen molar-refractivity contribution >= 4 is 34.6 Å². The van der Waals surface area contributed by atoms with E-state index in [4.69, 9.17) is 9.15 Å². The van der Waals surface area contributed by atoms with Crippen molar-refractivity contribution in [2.45, 2.75) is 18.4 Å². The molecule has 3 rings (SSSR count). The average Bonchev–Trinajstić information content (AvgIpc) is 3.02. The number of hydrogen-bond donors (Lipinski definition) is 0. The first-order chi connectivity index (χ1) is 13.4. The molecule has 0 aliphatic carbocycles. The quantitative estimate of drug-likeness (QED) is 0.452. The fraction of sp³-hybridized carbons (Fsp3) is 0.238. The van der Waals surface area contributed by atoms with Gasteiger partial charge in [-0.15, -0.1) is 11.8 Å². The molecule has 0 aliphatic rings. The molecule has 5 nitrogen and oxygen atoms in total. The molecule has 2 aromatic carbocycles. The maximum atomic E-state index is 13.4. The number of rotatable bonds is 6. The minimum atomic E-state index is -0.750. The number of thioether (sulfide) groups is 1.